The first kappa shape index (κ1) is 22.2. The van der Waals surface area contributed by atoms with E-state index in [9.17, 15) is 0 Å². The van der Waals surface area contributed by atoms with Gasteiger partial charge in [0.15, 0.2) is 5.96 Å². The Balaban J connectivity index is 1.73. The summed E-state index contributed by atoms with van der Waals surface area (Å²) in [5.74, 6) is 1.45. The number of ether oxygens (including phenoxy) is 2. The number of rotatable bonds is 10. The monoisotopic (exact) mass is 439 g/mol. The lowest BCUT2D eigenvalue weighted by molar-refractivity contribution is 0.0888. The lowest BCUT2D eigenvalue weighted by atomic mass is 9.85. The molecule has 27 heavy (non-hydrogen) atoms. The van der Waals surface area contributed by atoms with Crippen LogP contribution in [0.1, 0.15) is 39.2 Å². The molecular weight excluding hydrogens is 406 g/mol. The molecule has 0 saturated carbocycles. The van der Waals surface area contributed by atoms with E-state index in [1.165, 1.54) is 5.56 Å². The summed E-state index contributed by atoms with van der Waals surface area (Å²) in [6, 6.07) is 8.49. The Kier molecular flexibility index (Phi) is 9.59. The van der Waals surface area contributed by atoms with E-state index in [1.807, 2.05) is 0 Å². The first-order chi connectivity index (χ1) is 13.0. The van der Waals surface area contributed by atoms with Gasteiger partial charge in [-0.1, -0.05) is 41.9 Å². The van der Waals surface area contributed by atoms with E-state index < -0.39 is 0 Å². The fourth-order valence-electron chi connectivity index (χ4n) is 2.96. The SMILES string of the molecule is CCNC(=NCC(C)(C)c1ccc(Br)cc1)NCCCOCC1CCOC1. The highest BCUT2D eigenvalue weighted by molar-refractivity contribution is 9.10. The first-order valence-corrected chi connectivity index (χ1v) is 10.7. The molecule has 0 bridgehead atoms. The van der Waals surface area contributed by atoms with Gasteiger partial charge in [0.05, 0.1) is 19.8 Å². The maximum atomic E-state index is 5.76. The second-order valence-corrected chi connectivity index (χ2v) is 8.59. The average molecular weight is 440 g/mol. The molecule has 1 aliphatic heterocycles. The third-order valence-corrected chi connectivity index (χ3v) is 5.27. The quantitative estimate of drug-likeness (QED) is 0.331. The summed E-state index contributed by atoms with van der Waals surface area (Å²) in [6.45, 7) is 12.3. The summed E-state index contributed by atoms with van der Waals surface area (Å²) in [7, 11) is 0. The van der Waals surface area contributed by atoms with E-state index in [2.05, 4.69) is 71.6 Å². The van der Waals surface area contributed by atoms with Crippen molar-refractivity contribution >= 4 is 21.9 Å². The Bertz CT molecular complexity index is 569. The number of hydrogen-bond acceptors (Lipinski definition) is 3. The molecule has 1 atom stereocenters. The van der Waals surface area contributed by atoms with Crippen molar-refractivity contribution in [2.24, 2.45) is 10.9 Å². The zero-order valence-electron chi connectivity index (χ0n) is 16.9. The fraction of sp³-hybridized carbons (Fsp3) is 0.667. The van der Waals surface area contributed by atoms with Crippen molar-refractivity contribution in [3.8, 4) is 0 Å². The van der Waals surface area contributed by atoms with E-state index in [4.69, 9.17) is 14.5 Å². The van der Waals surface area contributed by atoms with Crippen LogP contribution in [0.2, 0.25) is 0 Å². The molecular formula is C21H34BrN3O2. The molecule has 1 fully saturated rings. The molecule has 1 saturated heterocycles. The normalized spacial score (nSPS) is 17.9. The number of nitrogens with one attached hydrogen (secondary N) is 2. The standard InChI is InChI=1S/C21H34BrN3O2/c1-4-23-20(24-11-5-12-26-14-17-10-13-27-15-17)25-16-21(2,3)18-6-8-19(22)9-7-18/h6-9,17H,4-5,10-16H2,1-3H3,(H2,23,24,25). The highest BCUT2D eigenvalue weighted by Crippen LogP contribution is 2.25. The number of benzene rings is 1. The van der Waals surface area contributed by atoms with Crippen molar-refractivity contribution in [2.45, 2.75) is 39.0 Å². The molecule has 2 N–H and O–H groups in total. The molecule has 0 aliphatic carbocycles. The molecule has 0 amide bonds. The Hall–Kier alpha value is -1.11. The number of halogens is 1. The highest BCUT2D eigenvalue weighted by Gasteiger charge is 2.20. The van der Waals surface area contributed by atoms with Gasteiger partial charge < -0.3 is 20.1 Å². The van der Waals surface area contributed by atoms with Gasteiger partial charge in [-0.05, 0) is 37.5 Å². The predicted molar refractivity (Wildman–Crippen MR) is 116 cm³/mol. The first-order valence-electron chi connectivity index (χ1n) is 9.95. The topological polar surface area (TPSA) is 54.9 Å². The van der Waals surface area contributed by atoms with Crippen LogP contribution in [0.25, 0.3) is 0 Å². The number of guanidine groups is 1. The molecule has 1 aromatic rings. The van der Waals surface area contributed by atoms with Gasteiger partial charge in [-0.2, -0.15) is 0 Å². The van der Waals surface area contributed by atoms with Gasteiger partial charge >= 0.3 is 0 Å². The second kappa shape index (κ2) is 11.7. The summed E-state index contributed by atoms with van der Waals surface area (Å²) in [6.07, 6.45) is 2.09. The lowest BCUT2D eigenvalue weighted by Crippen LogP contribution is -2.39. The Morgan fingerprint density at radius 3 is 2.74 bits per heavy atom. The molecule has 1 heterocycles. The third-order valence-electron chi connectivity index (χ3n) is 4.74. The molecule has 1 aromatic carbocycles. The van der Waals surface area contributed by atoms with Gasteiger partial charge in [0.25, 0.3) is 0 Å². The summed E-state index contributed by atoms with van der Waals surface area (Å²) >= 11 is 3.50. The van der Waals surface area contributed by atoms with E-state index >= 15 is 0 Å². The van der Waals surface area contributed by atoms with E-state index in [1.54, 1.807) is 0 Å². The second-order valence-electron chi connectivity index (χ2n) is 7.67. The van der Waals surface area contributed by atoms with Gasteiger partial charge in [-0.15, -0.1) is 0 Å². The number of nitrogens with zero attached hydrogens (tertiary/aromatic N) is 1. The smallest absolute Gasteiger partial charge is 0.191 e. The van der Waals surface area contributed by atoms with Crippen LogP contribution in [0.15, 0.2) is 33.7 Å². The van der Waals surface area contributed by atoms with Crippen LogP contribution < -0.4 is 10.6 Å². The molecule has 1 unspecified atom stereocenters. The third kappa shape index (κ3) is 8.20. The van der Waals surface area contributed by atoms with Crippen molar-refractivity contribution in [3.05, 3.63) is 34.3 Å². The van der Waals surface area contributed by atoms with Crippen LogP contribution in [0.4, 0.5) is 0 Å². The average Bonchev–Trinajstić information content (AvgIpc) is 3.16. The minimum absolute atomic E-state index is 0.0183. The van der Waals surface area contributed by atoms with Crippen LogP contribution in [-0.4, -0.2) is 52.0 Å². The van der Waals surface area contributed by atoms with Crippen LogP contribution in [0.3, 0.4) is 0 Å². The van der Waals surface area contributed by atoms with Crippen LogP contribution in [0.5, 0.6) is 0 Å². The Morgan fingerprint density at radius 2 is 2.07 bits per heavy atom. The molecule has 5 nitrogen and oxygen atoms in total. The molecule has 0 spiro atoms. The summed E-state index contributed by atoms with van der Waals surface area (Å²) in [5, 5.41) is 6.73. The highest BCUT2D eigenvalue weighted by atomic mass is 79.9. The van der Waals surface area contributed by atoms with Crippen LogP contribution in [-0.2, 0) is 14.9 Å². The van der Waals surface area contributed by atoms with Crippen molar-refractivity contribution in [1.82, 2.24) is 10.6 Å². The van der Waals surface area contributed by atoms with Gasteiger partial charge in [-0.3, -0.25) is 4.99 Å². The summed E-state index contributed by atoms with van der Waals surface area (Å²) in [5.41, 5.74) is 1.27. The van der Waals surface area contributed by atoms with Gasteiger partial charge in [-0.25, -0.2) is 0 Å². The largest absolute Gasteiger partial charge is 0.381 e. The molecule has 1 aliphatic rings. The summed E-state index contributed by atoms with van der Waals surface area (Å²) < 4.78 is 12.2. The maximum Gasteiger partial charge on any atom is 0.191 e. The van der Waals surface area contributed by atoms with Crippen molar-refractivity contribution < 1.29 is 9.47 Å². The molecule has 0 radical (unpaired) electrons. The van der Waals surface area contributed by atoms with E-state index in [-0.39, 0.29) is 5.41 Å². The lowest BCUT2D eigenvalue weighted by Gasteiger charge is -2.24. The van der Waals surface area contributed by atoms with Crippen LogP contribution in [0, 0.1) is 5.92 Å². The molecule has 0 aromatic heterocycles. The Labute approximate surface area is 172 Å². The van der Waals surface area contributed by atoms with E-state index in [0.717, 1.165) is 69.3 Å². The van der Waals surface area contributed by atoms with Crippen molar-refractivity contribution in [1.29, 1.82) is 0 Å². The fourth-order valence-corrected chi connectivity index (χ4v) is 3.22. The minimum atomic E-state index is -0.0183. The van der Waals surface area contributed by atoms with Gasteiger partial charge in [0.2, 0.25) is 0 Å². The Morgan fingerprint density at radius 1 is 1.30 bits per heavy atom. The van der Waals surface area contributed by atoms with E-state index in [0.29, 0.717) is 5.92 Å². The van der Waals surface area contributed by atoms with Gasteiger partial charge in [0, 0.05) is 42.1 Å². The van der Waals surface area contributed by atoms with Crippen molar-refractivity contribution in [2.75, 3.05) is 46.1 Å². The predicted octanol–water partition coefficient (Wildman–Crippen LogP) is 3.73. The number of hydrogen-bond donors (Lipinski definition) is 2. The molecule has 152 valence electrons. The molecule has 6 heteroatoms. The summed E-state index contributed by atoms with van der Waals surface area (Å²) in [4.78, 5) is 4.79. The maximum absolute atomic E-state index is 5.76. The van der Waals surface area contributed by atoms with Gasteiger partial charge in [0.1, 0.15) is 0 Å². The number of aliphatic imine (C=N–C) groups is 1. The minimum Gasteiger partial charge on any atom is -0.381 e. The van der Waals surface area contributed by atoms with Crippen LogP contribution >= 0.6 is 15.9 Å². The zero-order chi connectivity index (χ0) is 19.5. The zero-order valence-corrected chi connectivity index (χ0v) is 18.5. The van der Waals surface area contributed by atoms with Crippen molar-refractivity contribution in [3.63, 3.8) is 0 Å². The molecule has 2 rings (SSSR count).